The van der Waals surface area contributed by atoms with Crippen molar-refractivity contribution in [1.82, 2.24) is 25.8 Å². The van der Waals surface area contributed by atoms with Crippen LogP contribution in [0.5, 0.6) is 0 Å². The summed E-state index contributed by atoms with van der Waals surface area (Å²) in [6, 6.07) is 1.32. The number of nitrogens with zero attached hydrogens (tertiary/aromatic N) is 2. The van der Waals surface area contributed by atoms with Crippen molar-refractivity contribution >= 4 is 29.4 Å². The van der Waals surface area contributed by atoms with Gasteiger partial charge in [-0.15, -0.1) is 0 Å². The van der Waals surface area contributed by atoms with Crippen molar-refractivity contribution < 1.29 is 37.1 Å². The zero-order valence-electron chi connectivity index (χ0n) is 23.9. The standard InChI is InChI=1S/C28H40F3N5O5/c1-17(2)22(24(38)28(29,30)31)35-26(40)20-12-10-16-36(20)27(41)23(18(3)4)34-21(37)13-6-5-8-15-33-25(39)19-11-7-9-14-32-19/h7,9,11,14,17-18,20,22-23H,5-6,8,10,12-13,15-16H2,1-4H3,(H,33,39)(H,34,37)(H,35,40)/t20-,22-,23-/m0/s1. The number of hydrogen-bond acceptors (Lipinski definition) is 6. The quantitative estimate of drug-likeness (QED) is 0.288. The van der Waals surface area contributed by atoms with E-state index in [2.05, 4.69) is 20.9 Å². The largest absolute Gasteiger partial charge is 0.452 e. The topological polar surface area (TPSA) is 138 Å². The van der Waals surface area contributed by atoms with Crippen LogP contribution in [0.4, 0.5) is 13.2 Å². The predicted octanol–water partition coefficient (Wildman–Crippen LogP) is 2.78. The molecular weight excluding hydrogens is 543 g/mol. The Labute approximate surface area is 238 Å². The van der Waals surface area contributed by atoms with Gasteiger partial charge in [0.25, 0.3) is 11.7 Å². The minimum atomic E-state index is -5.10. The van der Waals surface area contributed by atoms with E-state index in [1.54, 1.807) is 32.0 Å². The fourth-order valence-electron chi connectivity index (χ4n) is 4.58. The van der Waals surface area contributed by atoms with E-state index in [1.807, 2.05) is 0 Å². The van der Waals surface area contributed by atoms with Gasteiger partial charge in [0.15, 0.2) is 0 Å². The lowest BCUT2D eigenvalue weighted by atomic mass is 9.98. The zero-order chi connectivity index (χ0) is 30.7. The molecule has 0 aliphatic carbocycles. The molecule has 41 heavy (non-hydrogen) atoms. The number of unbranched alkanes of at least 4 members (excludes halogenated alkanes) is 2. The van der Waals surface area contributed by atoms with Gasteiger partial charge in [0.1, 0.15) is 17.8 Å². The number of rotatable bonds is 14. The molecule has 0 unspecified atom stereocenters. The molecule has 1 fully saturated rings. The van der Waals surface area contributed by atoms with Gasteiger partial charge in [-0.25, -0.2) is 0 Å². The Morgan fingerprint density at radius 3 is 2.24 bits per heavy atom. The van der Waals surface area contributed by atoms with Crippen LogP contribution in [-0.4, -0.2) is 76.7 Å². The van der Waals surface area contributed by atoms with Crippen LogP contribution < -0.4 is 16.0 Å². The van der Waals surface area contributed by atoms with Crippen molar-refractivity contribution in [1.29, 1.82) is 0 Å². The number of hydrogen-bond donors (Lipinski definition) is 3. The van der Waals surface area contributed by atoms with Crippen molar-refractivity contribution in [3.05, 3.63) is 30.1 Å². The Morgan fingerprint density at radius 2 is 1.66 bits per heavy atom. The van der Waals surface area contributed by atoms with E-state index in [-0.39, 0.29) is 37.1 Å². The molecule has 0 bridgehead atoms. The van der Waals surface area contributed by atoms with E-state index in [1.165, 1.54) is 24.9 Å². The van der Waals surface area contributed by atoms with Crippen LogP contribution in [0.3, 0.4) is 0 Å². The number of likely N-dealkylation sites (tertiary alicyclic amines) is 1. The number of halogens is 3. The molecule has 13 heteroatoms. The predicted molar refractivity (Wildman–Crippen MR) is 144 cm³/mol. The van der Waals surface area contributed by atoms with Gasteiger partial charge in [-0.1, -0.05) is 40.2 Å². The zero-order valence-corrected chi connectivity index (χ0v) is 23.9. The van der Waals surface area contributed by atoms with Crippen LogP contribution in [0, 0.1) is 11.8 Å². The third kappa shape index (κ3) is 10.1. The fraction of sp³-hybridized carbons (Fsp3) is 0.643. The van der Waals surface area contributed by atoms with Gasteiger partial charge >= 0.3 is 6.18 Å². The number of carbonyl (C=O) groups excluding carboxylic acids is 5. The average molecular weight is 584 g/mol. The van der Waals surface area contributed by atoms with Gasteiger partial charge in [0.2, 0.25) is 17.7 Å². The highest BCUT2D eigenvalue weighted by atomic mass is 19.4. The van der Waals surface area contributed by atoms with Gasteiger partial charge in [-0.05, 0) is 49.7 Å². The first-order valence-corrected chi connectivity index (χ1v) is 13.9. The number of ketones is 1. The summed E-state index contributed by atoms with van der Waals surface area (Å²) in [5.74, 6) is -5.10. The van der Waals surface area contributed by atoms with E-state index in [4.69, 9.17) is 0 Å². The van der Waals surface area contributed by atoms with E-state index in [9.17, 15) is 37.1 Å². The molecule has 1 saturated heterocycles. The maximum Gasteiger partial charge on any atom is 0.452 e. The van der Waals surface area contributed by atoms with E-state index >= 15 is 0 Å². The molecular formula is C28H40F3N5O5. The lowest BCUT2D eigenvalue weighted by Crippen LogP contribution is -2.58. The molecule has 228 valence electrons. The van der Waals surface area contributed by atoms with Gasteiger partial charge < -0.3 is 20.9 Å². The highest BCUT2D eigenvalue weighted by molar-refractivity contribution is 5.96. The number of Topliss-reactive ketones (excluding diaryl/α,β-unsaturated/α-hetero) is 1. The molecule has 1 aromatic heterocycles. The first kappa shape index (κ1) is 33.7. The van der Waals surface area contributed by atoms with Crippen LogP contribution in [-0.2, 0) is 19.2 Å². The van der Waals surface area contributed by atoms with Gasteiger partial charge in [0.05, 0.1) is 6.04 Å². The number of carbonyl (C=O) groups is 5. The molecule has 2 rings (SSSR count). The van der Waals surface area contributed by atoms with Gasteiger partial charge in [-0.2, -0.15) is 13.2 Å². The maximum absolute atomic E-state index is 13.4. The van der Waals surface area contributed by atoms with Crippen LogP contribution in [0.15, 0.2) is 24.4 Å². The Hall–Kier alpha value is -3.51. The number of pyridine rings is 1. The first-order valence-electron chi connectivity index (χ1n) is 13.9. The summed E-state index contributed by atoms with van der Waals surface area (Å²) in [5.41, 5.74) is 0.323. The number of alkyl halides is 3. The van der Waals surface area contributed by atoms with Crippen molar-refractivity contribution in [3.63, 3.8) is 0 Å². The van der Waals surface area contributed by atoms with Gasteiger partial charge in [-0.3, -0.25) is 29.0 Å². The van der Waals surface area contributed by atoms with Gasteiger partial charge in [0, 0.05) is 25.7 Å². The molecule has 3 N–H and O–H groups in total. The summed E-state index contributed by atoms with van der Waals surface area (Å²) in [4.78, 5) is 68.0. The minimum absolute atomic E-state index is 0.157. The van der Waals surface area contributed by atoms with E-state index in [0.29, 0.717) is 37.9 Å². The highest BCUT2D eigenvalue weighted by Crippen LogP contribution is 2.24. The molecule has 1 aromatic rings. The molecule has 1 aliphatic rings. The monoisotopic (exact) mass is 583 g/mol. The Balaban J connectivity index is 1.87. The summed E-state index contributed by atoms with van der Waals surface area (Å²) in [5, 5.41) is 7.70. The Kier molecular flexibility index (Phi) is 12.7. The van der Waals surface area contributed by atoms with E-state index in [0.717, 1.165) is 0 Å². The smallest absolute Gasteiger partial charge is 0.351 e. The summed E-state index contributed by atoms with van der Waals surface area (Å²) in [6.45, 7) is 6.92. The SMILES string of the molecule is CC(C)[C@H](NC(=O)CCCCCNC(=O)c1ccccn1)C(=O)N1CCC[C@H]1C(=O)N[C@H](C(=O)C(F)(F)F)C(C)C. The normalized spacial score (nSPS) is 16.8. The Bertz CT molecular complexity index is 1060. The molecule has 3 atom stereocenters. The number of amides is 4. The second kappa shape index (κ2) is 15.5. The molecule has 0 aromatic carbocycles. The van der Waals surface area contributed by atoms with Crippen molar-refractivity contribution in [3.8, 4) is 0 Å². The van der Waals surface area contributed by atoms with Crippen molar-refractivity contribution in [2.45, 2.75) is 90.5 Å². The third-order valence-electron chi connectivity index (χ3n) is 6.88. The highest BCUT2D eigenvalue weighted by Gasteiger charge is 2.46. The molecule has 1 aliphatic heterocycles. The van der Waals surface area contributed by atoms with Crippen molar-refractivity contribution in [2.75, 3.05) is 13.1 Å². The molecule has 0 spiro atoms. The molecule has 0 saturated carbocycles. The van der Waals surface area contributed by atoms with E-state index < -0.39 is 47.8 Å². The fourth-order valence-corrected chi connectivity index (χ4v) is 4.58. The summed E-state index contributed by atoms with van der Waals surface area (Å²) >= 11 is 0. The lowest BCUT2D eigenvalue weighted by Gasteiger charge is -2.32. The summed E-state index contributed by atoms with van der Waals surface area (Å²) in [6.07, 6.45) is -0.877. The van der Waals surface area contributed by atoms with Crippen LogP contribution >= 0.6 is 0 Å². The van der Waals surface area contributed by atoms with Crippen LogP contribution in [0.1, 0.15) is 76.7 Å². The first-order chi connectivity index (χ1) is 19.2. The molecule has 4 amide bonds. The number of nitrogens with one attached hydrogen (secondary N) is 3. The summed E-state index contributed by atoms with van der Waals surface area (Å²) < 4.78 is 39.1. The van der Waals surface area contributed by atoms with Crippen molar-refractivity contribution in [2.24, 2.45) is 11.8 Å². The van der Waals surface area contributed by atoms with Crippen LogP contribution in [0.2, 0.25) is 0 Å². The minimum Gasteiger partial charge on any atom is -0.351 e. The van der Waals surface area contributed by atoms with Crippen LogP contribution in [0.25, 0.3) is 0 Å². The second-order valence-corrected chi connectivity index (χ2v) is 10.9. The molecule has 2 heterocycles. The number of aromatic nitrogens is 1. The third-order valence-corrected chi connectivity index (χ3v) is 6.88. The molecule has 10 nitrogen and oxygen atoms in total. The second-order valence-electron chi connectivity index (χ2n) is 10.9. The average Bonchev–Trinajstić information content (AvgIpc) is 3.41. The maximum atomic E-state index is 13.4. The summed E-state index contributed by atoms with van der Waals surface area (Å²) in [7, 11) is 0. The lowest BCUT2D eigenvalue weighted by molar-refractivity contribution is -0.175. The molecule has 0 radical (unpaired) electrons. The Morgan fingerprint density at radius 1 is 0.976 bits per heavy atom.